The van der Waals surface area contributed by atoms with Crippen LogP contribution >= 0.6 is 0 Å². The van der Waals surface area contributed by atoms with E-state index in [1.54, 1.807) is 48.3 Å². The molecule has 0 bridgehead atoms. The molecule has 7 nitrogen and oxygen atoms in total. The summed E-state index contributed by atoms with van der Waals surface area (Å²) in [5, 5.41) is 9.66. The third-order valence-corrected chi connectivity index (χ3v) is 5.26. The normalized spacial score (nSPS) is 15.4. The number of ether oxygens (including phenoxy) is 1. The van der Waals surface area contributed by atoms with Gasteiger partial charge in [0.05, 0.1) is 17.8 Å². The highest BCUT2D eigenvalue weighted by Crippen LogP contribution is 2.41. The number of nitrogens with two attached hydrogens (primary N) is 1. The fourth-order valence-corrected chi connectivity index (χ4v) is 3.81. The Morgan fingerprint density at radius 1 is 1.33 bits per heavy atom. The summed E-state index contributed by atoms with van der Waals surface area (Å²) >= 11 is 0. The first-order valence-electron chi connectivity index (χ1n) is 9.53. The van der Waals surface area contributed by atoms with Crippen molar-refractivity contribution in [1.29, 1.82) is 5.26 Å². The molecule has 0 fully saturated rings. The molecule has 1 aromatic carbocycles. The SMILES string of the molecule is Cc1cc2c(c(=O)n1CCCn1ccnc1)C(c1ccccc1F)C(C#N)=C(N)O2. The molecule has 3 aromatic rings. The van der Waals surface area contributed by atoms with E-state index in [0.29, 0.717) is 25.2 Å². The second-order valence-corrected chi connectivity index (χ2v) is 7.12. The lowest BCUT2D eigenvalue weighted by molar-refractivity contribution is 0.386. The third-order valence-electron chi connectivity index (χ3n) is 5.26. The smallest absolute Gasteiger partial charge is 0.258 e. The number of fused-ring (bicyclic) bond motifs is 1. The van der Waals surface area contributed by atoms with E-state index in [0.717, 1.165) is 0 Å². The van der Waals surface area contributed by atoms with Crippen LogP contribution in [0.15, 0.2) is 65.3 Å². The Labute approximate surface area is 172 Å². The second-order valence-electron chi connectivity index (χ2n) is 7.12. The van der Waals surface area contributed by atoms with Gasteiger partial charge in [-0.1, -0.05) is 18.2 Å². The highest BCUT2D eigenvalue weighted by Gasteiger charge is 2.35. The van der Waals surface area contributed by atoms with E-state index in [-0.39, 0.29) is 33.9 Å². The average Bonchev–Trinajstić information content (AvgIpc) is 3.23. The van der Waals surface area contributed by atoms with Crippen LogP contribution in [-0.4, -0.2) is 14.1 Å². The van der Waals surface area contributed by atoms with Gasteiger partial charge in [-0.25, -0.2) is 9.37 Å². The van der Waals surface area contributed by atoms with Gasteiger partial charge in [-0.15, -0.1) is 0 Å². The van der Waals surface area contributed by atoms with E-state index >= 15 is 0 Å². The molecule has 2 aromatic heterocycles. The molecule has 0 amide bonds. The lowest BCUT2D eigenvalue weighted by Gasteiger charge is -2.27. The van der Waals surface area contributed by atoms with Gasteiger partial charge in [0.15, 0.2) is 0 Å². The molecule has 0 saturated heterocycles. The van der Waals surface area contributed by atoms with Crippen molar-refractivity contribution in [2.45, 2.75) is 32.4 Å². The number of imidazole rings is 1. The number of hydrogen-bond donors (Lipinski definition) is 1. The zero-order chi connectivity index (χ0) is 21.3. The second kappa shape index (κ2) is 7.87. The Balaban J connectivity index is 1.80. The molecule has 1 aliphatic heterocycles. The van der Waals surface area contributed by atoms with Crippen molar-refractivity contribution in [3.63, 3.8) is 0 Å². The zero-order valence-corrected chi connectivity index (χ0v) is 16.4. The van der Waals surface area contributed by atoms with Crippen molar-refractivity contribution in [3.8, 4) is 11.8 Å². The summed E-state index contributed by atoms with van der Waals surface area (Å²) in [6.45, 7) is 2.97. The molecule has 1 unspecified atom stereocenters. The van der Waals surface area contributed by atoms with Crippen LogP contribution < -0.4 is 16.0 Å². The van der Waals surface area contributed by atoms with Crippen LogP contribution in [0.4, 0.5) is 4.39 Å². The summed E-state index contributed by atoms with van der Waals surface area (Å²) in [7, 11) is 0. The Morgan fingerprint density at radius 2 is 2.13 bits per heavy atom. The van der Waals surface area contributed by atoms with Gasteiger partial charge in [-0.3, -0.25) is 4.79 Å². The van der Waals surface area contributed by atoms with Crippen LogP contribution in [0.1, 0.15) is 29.2 Å². The average molecular weight is 405 g/mol. The Kier molecular flexibility index (Phi) is 5.11. The van der Waals surface area contributed by atoms with Gasteiger partial charge in [0.2, 0.25) is 5.88 Å². The summed E-state index contributed by atoms with van der Waals surface area (Å²) in [4.78, 5) is 17.5. The molecular weight excluding hydrogens is 385 g/mol. The van der Waals surface area contributed by atoms with E-state index in [1.807, 2.05) is 16.8 Å². The fourth-order valence-electron chi connectivity index (χ4n) is 3.81. The first-order valence-corrected chi connectivity index (χ1v) is 9.53. The summed E-state index contributed by atoms with van der Waals surface area (Å²) in [5.74, 6) is -1.29. The summed E-state index contributed by atoms with van der Waals surface area (Å²) in [6.07, 6.45) is 5.98. The maximum Gasteiger partial charge on any atom is 0.258 e. The first kappa shape index (κ1) is 19.5. The van der Waals surface area contributed by atoms with E-state index in [4.69, 9.17) is 10.5 Å². The predicted octanol–water partition coefficient (Wildman–Crippen LogP) is 2.80. The van der Waals surface area contributed by atoms with Crippen molar-refractivity contribution in [3.05, 3.63) is 93.5 Å². The van der Waals surface area contributed by atoms with E-state index < -0.39 is 11.7 Å². The highest BCUT2D eigenvalue weighted by molar-refractivity contribution is 5.55. The van der Waals surface area contributed by atoms with Gasteiger partial charge in [-0.05, 0) is 19.4 Å². The number of pyridine rings is 1. The van der Waals surface area contributed by atoms with Crippen LogP contribution in [0, 0.1) is 24.1 Å². The summed E-state index contributed by atoms with van der Waals surface area (Å²) in [6, 6.07) is 9.79. The molecule has 0 saturated carbocycles. The monoisotopic (exact) mass is 405 g/mol. The van der Waals surface area contributed by atoms with Crippen molar-refractivity contribution in [1.82, 2.24) is 14.1 Å². The largest absolute Gasteiger partial charge is 0.440 e. The third kappa shape index (κ3) is 3.35. The maximum absolute atomic E-state index is 14.6. The molecule has 0 spiro atoms. The Morgan fingerprint density at radius 3 is 2.83 bits per heavy atom. The van der Waals surface area contributed by atoms with Gasteiger partial charge in [-0.2, -0.15) is 5.26 Å². The molecule has 30 heavy (non-hydrogen) atoms. The molecule has 8 heteroatoms. The topological polar surface area (TPSA) is 98.9 Å². The number of nitriles is 1. The molecule has 4 rings (SSSR count). The quantitative estimate of drug-likeness (QED) is 0.704. The van der Waals surface area contributed by atoms with Gasteiger partial charge < -0.3 is 19.6 Å². The van der Waals surface area contributed by atoms with Crippen molar-refractivity contribution in [2.24, 2.45) is 5.73 Å². The van der Waals surface area contributed by atoms with Crippen molar-refractivity contribution < 1.29 is 9.13 Å². The van der Waals surface area contributed by atoms with E-state index in [2.05, 4.69) is 4.98 Å². The minimum atomic E-state index is -0.923. The molecule has 0 radical (unpaired) electrons. The lowest BCUT2D eigenvalue weighted by Crippen LogP contribution is -2.33. The fraction of sp³-hybridized carbons (Fsp3) is 0.227. The lowest BCUT2D eigenvalue weighted by atomic mass is 9.83. The standard InChI is InChI=1S/C22H20FN5O2/c1-14-11-18-20(22(29)28(14)9-4-8-27-10-7-26-13-27)19(16(12-24)21(25)30-18)15-5-2-3-6-17(15)23/h2-3,5-7,10-11,13,19H,4,8-9,25H2,1H3. The van der Waals surface area contributed by atoms with Crippen LogP contribution in [0.5, 0.6) is 5.75 Å². The van der Waals surface area contributed by atoms with Crippen LogP contribution in [0.2, 0.25) is 0 Å². The van der Waals surface area contributed by atoms with Crippen molar-refractivity contribution in [2.75, 3.05) is 0 Å². The van der Waals surface area contributed by atoms with Gasteiger partial charge >= 0.3 is 0 Å². The molecular formula is C22H20FN5O2. The van der Waals surface area contributed by atoms with Gasteiger partial charge in [0.25, 0.3) is 5.56 Å². The number of nitrogens with zero attached hydrogens (tertiary/aromatic N) is 4. The molecule has 1 atom stereocenters. The first-order chi connectivity index (χ1) is 14.5. The molecule has 152 valence electrons. The number of halogens is 1. The van der Waals surface area contributed by atoms with E-state index in [9.17, 15) is 14.4 Å². The number of allylic oxidation sites excluding steroid dienone is 1. The number of aromatic nitrogens is 3. The van der Waals surface area contributed by atoms with E-state index in [1.165, 1.54) is 6.07 Å². The molecule has 0 aliphatic carbocycles. The number of aryl methyl sites for hydroxylation is 2. The van der Waals surface area contributed by atoms with Crippen LogP contribution in [-0.2, 0) is 13.1 Å². The molecule has 1 aliphatic rings. The van der Waals surface area contributed by atoms with Gasteiger partial charge in [0.1, 0.15) is 23.2 Å². The number of hydrogen-bond acceptors (Lipinski definition) is 5. The summed E-state index contributed by atoms with van der Waals surface area (Å²) in [5.41, 5.74) is 6.80. The van der Waals surface area contributed by atoms with Crippen LogP contribution in [0.3, 0.4) is 0 Å². The predicted molar refractivity (Wildman–Crippen MR) is 108 cm³/mol. The molecule has 3 heterocycles. The minimum Gasteiger partial charge on any atom is -0.440 e. The Bertz CT molecular complexity index is 1220. The van der Waals surface area contributed by atoms with Crippen molar-refractivity contribution >= 4 is 0 Å². The van der Waals surface area contributed by atoms with Gasteiger partial charge in [0, 0.05) is 42.8 Å². The minimum absolute atomic E-state index is 0.0264. The molecule has 2 N–H and O–H groups in total. The van der Waals surface area contributed by atoms with Crippen LogP contribution in [0.25, 0.3) is 0 Å². The zero-order valence-electron chi connectivity index (χ0n) is 16.4. The number of rotatable bonds is 5. The number of benzene rings is 1. The maximum atomic E-state index is 14.6. The summed E-state index contributed by atoms with van der Waals surface area (Å²) < 4.78 is 23.8. The highest BCUT2D eigenvalue weighted by atomic mass is 19.1. The Hall–Kier alpha value is -3.86.